The summed E-state index contributed by atoms with van der Waals surface area (Å²) in [5.74, 6) is -1.30. The minimum Gasteiger partial charge on any atom is -0.374 e. The maximum Gasteiger partial charge on any atom is 0.229 e. The van der Waals surface area contributed by atoms with Crippen LogP contribution in [0.25, 0.3) is 0 Å². The summed E-state index contributed by atoms with van der Waals surface area (Å²) in [7, 11) is -2.07. The van der Waals surface area contributed by atoms with Crippen molar-refractivity contribution in [3.05, 3.63) is 5.01 Å². The largest absolute Gasteiger partial charge is 0.374 e. The van der Waals surface area contributed by atoms with E-state index in [2.05, 4.69) is 20.2 Å². The van der Waals surface area contributed by atoms with Crippen LogP contribution in [0.2, 0.25) is 0 Å². The third-order valence-electron chi connectivity index (χ3n) is 3.59. The number of aromatic nitrogens is 2. The summed E-state index contributed by atoms with van der Waals surface area (Å²) in [6.45, 7) is 2.96. The molecule has 0 radical (unpaired) electrons. The normalized spacial score (nSPS) is 17.9. The fourth-order valence-electron chi connectivity index (χ4n) is 2.22. The molecule has 25 heavy (non-hydrogen) atoms. The Hall–Kier alpha value is -1.63. The predicted molar refractivity (Wildman–Crippen MR) is 91.6 cm³/mol. The third kappa shape index (κ3) is 5.42. The minimum absolute atomic E-state index is 0.00991. The lowest BCUT2D eigenvalue weighted by Crippen LogP contribution is -2.37. The van der Waals surface area contributed by atoms with E-state index in [1.165, 1.54) is 23.3 Å². The molecule has 0 saturated carbocycles. The molecule has 1 atom stereocenters. The smallest absolute Gasteiger partial charge is 0.229 e. The van der Waals surface area contributed by atoms with Crippen LogP contribution in [0.1, 0.15) is 18.4 Å². The molecule has 12 heteroatoms. The molecule has 2 rings (SSSR count). The van der Waals surface area contributed by atoms with Gasteiger partial charge in [0, 0.05) is 26.1 Å². The molecule has 0 aliphatic carbocycles. The molecule has 1 fully saturated rings. The number of nitrogens with one attached hydrogen (secondary N) is 2. The van der Waals surface area contributed by atoms with E-state index in [-0.39, 0.29) is 37.1 Å². The molecule has 0 bridgehead atoms. The highest BCUT2D eigenvalue weighted by atomic mass is 32.2. The Bertz CT molecular complexity index is 720. The quantitative estimate of drug-likeness (QED) is 0.557. The molecular weight excluding hydrogens is 370 g/mol. The van der Waals surface area contributed by atoms with Crippen molar-refractivity contribution in [1.82, 2.24) is 20.2 Å². The van der Waals surface area contributed by atoms with Gasteiger partial charge in [-0.25, -0.2) is 13.1 Å². The highest BCUT2D eigenvalue weighted by Gasteiger charge is 2.36. The van der Waals surface area contributed by atoms with Gasteiger partial charge in [-0.2, -0.15) is 0 Å². The van der Waals surface area contributed by atoms with Crippen LogP contribution in [0.5, 0.6) is 0 Å². The molecule has 10 nitrogen and oxygen atoms in total. The van der Waals surface area contributed by atoms with Crippen LogP contribution in [0, 0.1) is 5.92 Å². The Balaban J connectivity index is 1.88. The molecule has 1 aromatic heterocycles. The van der Waals surface area contributed by atoms with Crippen LogP contribution in [-0.2, 0) is 31.0 Å². The summed E-state index contributed by atoms with van der Waals surface area (Å²) >= 11 is 1.25. The first-order valence-electron chi connectivity index (χ1n) is 7.75. The second-order valence-electron chi connectivity index (χ2n) is 5.33. The first kappa shape index (κ1) is 19.7. The number of amides is 2. The summed E-state index contributed by atoms with van der Waals surface area (Å²) in [5, 5.41) is 11.6. The van der Waals surface area contributed by atoms with Crippen molar-refractivity contribution in [3.63, 3.8) is 0 Å². The van der Waals surface area contributed by atoms with Gasteiger partial charge in [0.2, 0.25) is 27.0 Å². The lowest BCUT2D eigenvalue weighted by molar-refractivity contribution is -0.126. The van der Waals surface area contributed by atoms with Crippen molar-refractivity contribution < 1.29 is 22.7 Å². The van der Waals surface area contributed by atoms with Gasteiger partial charge in [0.1, 0.15) is 11.6 Å². The molecule has 1 unspecified atom stereocenters. The second kappa shape index (κ2) is 8.65. The highest BCUT2D eigenvalue weighted by molar-refractivity contribution is 7.89. The van der Waals surface area contributed by atoms with Crippen LogP contribution in [0.4, 0.5) is 5.13 Å². The van der Waals surface area contributed by atoms with E-state index in [1.807, 2.05) is 6.92 Å². The van der Waals surface area contributed by atoms with Crippen LogP contribution < -0.4 is 14.9 Å². The van der Waals surface area contributed by atoms with Gasteiger partial charge in [-0.1, -0.05) is 11.3 Å². The van der Waals surface area contributed by atoms with Gasteiger partial charge in [0.15, 0.2) is 0 Å². The topological polar surface area (TPSA) is 131 Å². The van der Waals surface area contributed by atoms with Crippen molar-refractivity contribution >= 4 is 38.3 Å². The lowest BCUT2D eigenvalue weighted by atomic mass is 10.1. The fourth-order valence-corrected chi connectivity index (χ4v) is 3.60. The molecule has 140 valence electrons. The van der Waals surface area contributed by atoms with E-state index < -0.39 is 15.9 Å². The highest BCUT2D eigenvalue weighted by Crippen LogP contribution is 2.28. The summed E-state index contributed by atoms with van der Waals surface area (Å²) in [6.07, 6.45) is 0.0605. The van der Waals surface area contributed by atoms with E-state index in [9.17, 15) is 18.0 Å². The average molecular weight is 391 g/mol. The number of sulfonamides is 1. The molecule has 1 aliphatic heterocycles. The summed E-state index contributed by atoms with van der Waals surface area (Å²) in [4.78, 5) is 25.7. The Labute approximate surface area is 150 Å². The number of ether oxygens (including phenoxy) is 1. The van der Waals surface area contributed by atoms with E-state index in [1.54, 1.807) is 0 Å². The molecule has 2 amide bonds. The second-order valence-corrected chi connectivity index (χ2v) is 8.42. The van der Waals surface area contributed by atoms with Gasteiger partial charge in [-0.3, -0.25) is 14.5 Å². The van der Waals surface area contributed by atoms with Crippen molar-refractivity contribution in [3.8, 4) is 0 Å². The molecule has 2 N–H and O–H groups in total. The lowest BCUT2D eigenvalue weighted by Gasteiger charge is -2.12. The van der Waals surface area contributed by atoms with Gasteiger partial charge in [0.25, 0.3) is 0 Å². The Morgan fingerprint density at radius 1 is 1.44 bits per heavy atom. The van der Waals surface area contributed by atoms with Gasteiger partial charge in [-0.15, -0.1) is 10.2 Å². The molecule has 1 aliphatic rings. The first-order valence-corrected chi connectivity index (χ1v) is 10.2. The van der Waals surface area contributed by atoms with Crippen LogP contribution in [0.15, 0.2) is 0 Å². The van der Waals surface area contributed by atoms with Crippen molar-refractivity contribution in [2.75, 3.05) is 37.4 Å². The Morgan fingerprint density at radius 3 is 2.88 bits per heavy atom. The predicted octanol–water partition coefficient (Wildman–Crippen LogP) is -0.907. The maximum absolute atomic E-state index is 12.1. The number of hydrogen-bond donors (Lipinski definition) is 2. The number of rotatable bonds is 9. The van der Waals surface area contributed by atoms with E-state index in [4.69, 9.17) is 4.74 Å². The zero-order valence-corrected chi connectivity index (χ0v) is 15.7. The average Bonchev–Trinajstić information content (AvgIpc) is 3.19. The summed E-state index contributed by atoms with van der Waals surface area (Å²) in [5.41, 5.74) is 0. The van der Waals surface area contributed by atoms with Crippen LogP contribution >= 0.6 is 11.3 Å². The zero-order chi connectivity index (χ0) is 18.4. The first-order chi connectivity index (χ1) is 11.9. The maximum atomic E-state index is 12.1. The number of hydrogen-bond acceptors (Lipinski definition) is 8. The number of carbonyl (C=O) groups is 2. The number of nitrogens with zero attached hydrogens (tertiary/aromatic N) is 3. The van der Waals surface area contributed by atoms with Crippen molar-refractivity contribution in [2.45, 2.75) is 20.0 Å². The van der Waals surface area contributed by atoms with Gasteiger partial charge < -0.3 is 10.1 Å². The van der Waals surface area contributed by atoms with Crippen molar-refractivity contribution in [1.29, 1.82) is 0 Å². The summed E-state index contributed by atoms with van der Waals surface area (Å²) in [6, 6.07) is 0. The Kier molecular flexibility index (Phi) is 6.81. The van der Waals surface area contributed by atoms with Gasteiger partial charge in [-0.05, 0) is 14.0 Å². The standard InChI is InChI=1S/C13H21N5O5S2/c1-3-23-8-10-16-17-13(24-10)18-7-9(6-11(18)19)12(20)15-4-5-25(21,22)14-2/h9,14H,3-8H2,1-2H3,(H,15,20). The monoisotopic (exact) mass is 391 g/mol. The number of anilines is 1. The van der Waals surface area contributed by atoms with E-state index in [0.717, 1.165) is 0 Å². The molecular formula is C13H21N5O5S2. The molecule has 1 saturated heterocycles. The van der Waals surface area contributed by atoms with Crippen molar-refractivity contribution in [2.24, 2.45) is 5.92 Å². The molecule has 0 aromatic carbocycles. The van der Waals surface area contributed by atoms with Crippen LogP contribution in [-0.4, -0.2) is 62.9 Å². The van der Waals surface area contributed by atoms with Gasteiger partial charge >= 0.3 is 0 Å². The molecule has 2 heterocycles. The minimum atomic E-state index is -3.38. The SMILES string of the molecule is CCOCc1nnc(N2CC(C(=O)NCCS(=O)(=O)NC)CC2=O)s1. The van der Waals surface area contributed by atoms with Crippen LogP contribution in [0.3, 0.4) is 0 Å². The third-order valence-corrected chi connectivity index (χ3v) is 5.88. The fraction of sp³-hybridized carbons (Fsp3) is 0.692. The zero-order valence-electron chi connectivity index (χ0n) is 14.0. The van der Waals surface area contributed by atoms with E-state index in [0.29, 0.717) is 23.4 Å². The number of carbonyl (C=O) groups excluding carboxylic acids is 2. The van der Waals surface area contributed by atoms with Gasteiger partial charge in [0.05, 0.1) is 11.7 Å². The summed E-state index contributed by atoms with van der Waals surface area (Å²) < 4.78 is 30.1. The molecule has 0 spiro atoms. The molecule has 1 aromatic rings. The van der Waals surface area contributed by atoms with E-state index >= 15 is 0 Å². The Morgan fingerprint density at radius 2 is 2.20 bits per heavy atom.